The smallest absolute Gasteiger partial charge is 0.254 e. The molecule has 1 saturated heterocycles. The lowest BCUT2D eigenvalue weighted by atomic mass is 9.89. The summed E-state index contributed by atoms with van der Waals surface area (Å²) in [6.07, 6.45) is 1.79. The molecule has 28 heavy (non-hydrogen) atoms. The SMILES string of the molecule is O=C1N[C@@H](CC(=O)N2CCC(c3ccccc3)CC2)C(=O)Nc2ccccc21. The molecule has 4 rings (SSSR count). The van der Waals surface area contributed by atoms with E-state index < -0.39 is 6.04 Å². The summed E-state index contributed by atoms with van der Waals surface area (Å²) in [4.78, 5) is 39.4. The molecule has 0 aromatic heterocycles. The number of benzene rings is 2. The Kier molecular flexibility index (Phi) is 5.10. The summed E-state index contributed by atoms with van der Waals surface area (Å²) in [5.41, 5.74) is 2.20. The zero-order valence-corrected chi connectivity index (χ0v) is 15.6. The second-order valence-electron chi connectivity index (χ2n) is 7.33. The maximum Gasteiger partial charge on any atom is 0.254 e. The minimum Gasteiger partial charge on any atom is -0.343 e. The molecule has 0 bridgehead atoms. The van der Waals surface area contributed by atoms with E-state index in [1.54, 1.807) is 29.2 Å². The molecule has 0 unspecified atom stereocenters. The van der Waals surface area contributed by atoms with E-state index in [0.29, 0.717) is 30.3 Å². The number of para-hydroxylation sites is 1. The van der Waals surface area contributed by atoms with Crippen LogP contribution in [0.2, 0.25) is 0 Å². The molecule has 2 N–H and O–H groups in total. The van der Waals surface area contributed by atoms with E-state index in [9.17, 15) is 14.4 Å². The number of nitrogens with one attached hydrogen (secondary N) is 2. The minimum absolute atomic E-state index is 0.0262. The van der Waals surface area contributed by atoms with Gasteiger partial charge in [-0.25, -0.2) is 0 Å². The van der Waals surface area contributed by atoms with Gasteiger partial charge in [0, 0.05) is 13.1 Å². The number of carbonyl (C=O) groups is 3. The van der Waals surface area contributed by atoms with Crippen molar-refractivity contribution in [1.82, 2.24) is 10.2 Å². The van der Waals surface area contributed by atoms with Crippen molar-refractivity contribution in [2.45, 2.75) is 31.2 Å². The third-order valence-corrected chi connectivity index (χ3v) is 5.55. The van der Waals surface area contributed by atoms with E-state index in [1.165, 1.54) is 5.56 Å². The largest absolute Gasteiger partial charge is 0.343 e. The molecule has 1 fully saturated rings. The summed E-state index contributed by atoms with van der Waals surface area (Å²) >= 11 is 0. The van der Waals surface area contributed by atoms with Gasteiger partial charge in [0.25, 0.3) is 5.91 Å². The number of likely N-dealkylation sites (tertiary alicyclic amines) is 1. The highest BCUT2D eigenvalue weighted by Gasteiger charge is 2.32. The fourth-order valence-corrected chi connectivity index (χ4v) is 3.95. The number of rotatable bonds is 3. The van der Waals surface area contributed by atoms with Gasteiger partial charge in [-0.15, -0.1) is 0 Å². The van der Waals surface area contributed by atoms with Crippen molar-refractivity contribution < 1.29 is 14.4 Å². The van der Waals surface area contributed by atoms with Crippen LogP contribution in [0.15, 0.2) is 54.6 Å². The van der Waals surface area contributed by atoms with Crippen LogP contribution in [0.3, 0.4) is 0 Å². The Balaban J connectivity index is 1.37. The third-order valence-electron chi connectivity index (χ3n) is 5.55. The molecule has 6 heteroatoms. The number of hydrogen-bond donors (Lipinski definition) is 2. The van der Waals surface area contributed by atoms with Crippen LogP contribution in [0.25, 0.3) is 0 Å². The maximum absolute atomic E-state index is 12.7. The predicted molar refractivity (Wildman–Crippen MR) is 106 cm³/mol. The van der Waals surface area contributed by atoms with Gasteiger partial charge < -0.3 is 15.5 Å². The first-order chi connectivity index (χ1) is 13.6. The van der Waals surface area contributed by atoms with Gasteiger partial charge in [-0.1, -0.05) is 42.5 Å². The number of piperidine rings is 1. The molecule has 3 amide bonds. The Morgan fingerprint density at radius 1 is 0.964 bits per heavy atom. The molecule has 1 atom stereocenters. The van der Waals surface area contributed by atoms with Crippen molar-refractivity contribution in [3.05, 3.63) is 65.7 Å². The minimum atomic E-state index is -0.862. The summed E-state index contributed by atoms with van der Waals surface area (Å²) in [7, 11) is 0. The van der Waals surface area contributed by atoms with Crippen molar-refractivity contribution in [2.24, 2.45) is 0 Å². The van der Waals surface area contributed by atoms with Crippen molar-refractivity contribution in [1.29, 1.82) is 0 Å². The van der Waals surface area contributed by atoms with E-state index in [2.05, 4.69) is 22.8 Å². The summed E-state index contributed by atoms with van der Waals surface area (Å²) in [6, 6.07) is 16.3. The van der Waals surface area contributed by atoms with Crippen molar-refractivity contribution >= 4 is 23.4 Å². The van der Waals surface area contributed by atoms with Crippen LogP contribution in [0.4, 0.5) is 5.69 Å². The van der Waals surface area contributed by atoms with Crippen molar-refractivity contribution in [3.8, 4) is 0 Å². The van der Waals surface area contributed by atoms with Crippen LogP contribution in [0, 0.1) is 0 Å². The van der Waals surface area contributed by atoms with Crippen LogP contribution < -0.4 is 10.6 Å². The van der Waals surface area contributed by atoms with Crippen molar-refractivity contribution in [2.75, 3.05) is 18.4 Å². The van der Waals surface area contributed by atoms with Gasteiger partial charge in [-0.2, -0.15) is 0 Å². The molecule has 0 radical (unpaired) electrons. The lowest BCUT2D eigenvalue weighted by Crippen LogP contribution is -2.46. The lowest BCUT2D eigenvalue weighted by molar-refractivity contribution is -0.134. The molecule has 0 saturated carbocycles. The van der Waals surface area contributed by atoms with Crippen LogP contribution in [0.1, 0.15) is 41.1 Å². The topological polar surface area (TPSA) is 78.5 Å². The van der Waals surface area contributed by atoms with Gasteiger partial charge in [0.15, 0.2) is 0 Å². The fraction of sp³-hybridized carbons (Fsp3) is 0.318. The van der Waals surface area contributed by atoms with Crippen LogP contribution in [0.5, 0.6) is 0 Å². The molecular formula is C22H23N3O3. The normalized spacial score (nSPS) is 20.0. The molecule has 2 heterocycles. The quantitative estimate of drug-likeness (QED) is 0.863. The third kappa shape index (κ3) is 3.76. The Morgan fingerprint density at radius 3 is 2.39 bits per heavy atom. The first-order valence-corrected chi connectivity index (χ1v) is 9.65. The summed E-state index contributed by atoms with van der Waals surface area (Å²) in [6.45, 7) is 1.34. The summed E-state index contributed by atoms with van der Waals surface area (Å²) in [5, 5.41) is 5.44. The number of fused-ring (bicyclic) bond motifs is 1. The van der Waals surface area contributed by atoms with Crippen LogP contribution >= 0.6 is 0 Å². The number of hydrogen-bond acceptors (Lipinski definition) is 3. The number of nitrogens with zero attached hydrogens (tertiary/aromatic N) is 1. The Labute approximate surface area is 163 Å². The number of anilines is 1. The van der Waals surface area contributed by atoms with E-state index in [4.69, 9.17) is 0 Å². The van der Waals surface area contributed by atoms with E-state index in [-0.39, 0.29) is 24.1 Å². The van der Waals surface area contributed by atoms with E-state index in [0.717, 1.165) is 12.8 Å². The van der Waals surface area contributed by atoms with Gasteiger partial charge in [-0.05, 0) is 36.5 Å². The molecule has 2 aromatic rings. The van der Waals surface area contributed by atoms with Crippen LogP contribution in [-0.2, 0) is 9.59 Å². The zero-order chi connectivity index (χ0) is 19.5. The van der Waals surface area contributed by atoms with Crippen LogP contribution in [-0.4, -0.2) is 41.8 Å². The molecule has 0 aliphatic carbocycles. The Morgan fingerprint density at radius 2 is 1.64 bits per heavy atom. The number of carbonyl (C=O) groups excluding carboxylic acids is 3. The first-order valence-electron chi connectivity index (χ1n) is 9.65. The van der Waals surface area contributed by atoms with Gasteiger partial charge in [-0.3, -0.25) is 14.4 Å². The highest BCUT2D eigenvalue weighted by Crippen LogP contribution is 2.28. The molecule has 144 valence electrons. The lowest BCUT2D eigenvalue weighted by Gasteiger charge is -2.33. The first kappa shape index (κ1) is 18.2. The second kappa shape index (κ2) is 7.84. The van der Waals surface area contributed by atoms with E-state index >= 15 is 0 Å². The highest BCUT2D eigenvalue weighted by molar-refractivity contribution is 6.10. The molecular weight excluding hydrogens is 354 g/mol. The van der Waals surface area contributed by atoms with Gasteiger partial charge in [0.05, 0.1) is 17.7 Å². The summed E-state index contributed by atoms with van der Waals surface area (Å²) in [5.74, 6) is -0.334. The molecule has 0 spiro atoms. The number of amides is 3. The molecule has 2 aliphatic heterocycles. The average molecular weight is 377 g/mol. The van der Waals surface area contributed by atoms with Crippen molar-refractivity contribution in [3.63, 3.8) is 0 Å². The molecule has 2 aliphatic rings. The predicted octanol–water partition coefficient (Wildman–Crippen LogP) is 2.53. The molecule has 2 aromatic carbocycles. The highest BCUT2D eigenvalue weighted by atomic mass is 16.2. The Bertz CT molecular complexity index is 889. The standard InChI is InChI=1S/C22H23N3O3/c26-20(25-12-10-16(11-13-25)15-6-2-1-3-7-15)14-19-22(28)23-18-9-5-4-8-17(18)21(27)24-19/h1-9,16,19H,10-14H2,(H,23,28)(H,24,27)/t19-/m0/s1. The van der Waals surface area contributed by atoms with E-state index in [1.807, 2.05) is 18.2 Å². The molecule has 6 nitrogen and oxygen atoms in total. The van der Waals surface area contributed by atoms with Gasteiger partial charge in [0.2, 0.25) is 11.8 Å². The monoisotopic (exact) mass is 377 g/mol. The zero-order valence-electron chi connectivity index (χ0n) is 15.6. The summed E-state index contributed by atoms with van der Waals surface area (Å²) < 4.78 is 0. The average Bonchev–Trinajstić information content (AvgIpc) is 2.85. The maximum atomic E-state index is 12.7. The van der Waals surface area contributed by atoms with Gasteiger partial charge in [0.1, 0.15) is 6.04 Å². The second-order valence-corrected chi connectivity index (χ2v) is 7.33. The fourth-order valence-electron chi connectivity index (χ4n) is 3.95. The Hall–Kier alpha value is -3.15. The van der Waals surface area contributed by atoms with Gasteiger partial charge >= 0.3 is 0 Å².